The second kappa shape index (κ2) is 19.3. The van der Waals surface area contributed by atoms with Crippen LogP contribution in [0.15, 0.2) is 60.0 Å². The average molecular weight is 803 g/mol. The van der Waals surface area contributed by atoms with E-state index in [0.717, 1.165) is 36.3 Å². The third kappa shape index (κ3) is 10.4. The van der Waals surface area contributed by atoms with Crippen molar-refractivity contribution in [3.8, 4) is 0 Å². The number of carboxylic acid groups (broad SMARTS) is 2. The molecule has 8 atom stereocenters. The summed E-state index contributed by atoms with van der Waals surface area (Å²) in [7, 11) is 1.91. The SMILES string of the molecule is CC[C@H](C)[C@H](NC(=O)[C@H]1CCCCN1C)C(=O)N[C@@H]1C[C@H](c2nc(C(=O)N[C@@H](Cc3ccccc3)C[C@H](C)C(=O)O)cs2)N(C(=O)c2ccccc2C(=O)O)C1C. The van der Waals surface area contributed by atoms with E-state index in [9.17, 15) is 39.0 Å². The number of hydrogen-bond acceptors (Lipinski definition) is 9. The molecule has 3 heterocycles. The number of amides is 4. The Morgan fingerprint density at radius 2 is 1.63 bits per heavy atom. The highest BCUT2D eigenvalue weighted by Gasteiger charge is 2.46. The second-order valence-corrected chi connectivity index (χ2v) is 16.3. The van der Waals surface area contributed by atoms with E-state index < -0.39 is 59.9 Å². The van der Waals surface area contributed by atoms with Gasteiger partial charge in [-0.2, -0.15) is 0 Å². The predicted molar refractivity (Wildman–Crippen MR) is 215 cm³/mol. The number of benzene rings is 2. The minimum absolute atomic E-state index is 0.0269. The lowest BCUT2D eigenvalue weighted by Gasteiger charge is -2.34. The van der Waals surface area contributed by atoms with Gasteiger partial charge in [0.2, 0.25) is 11.8 Å². The fourth-order valence-electron chi connectivity index (χ4n) is 7.80. The maximum atomic E-state index is 14.4. The molecule has 4 amide bonds. The van der Waals surface area contributed by atoms with Gasteiger partial charge in [0.1, 0.15) is 16.7 Å². The molecule has 0 aliphatic carbocycles. The number of nitrogens with zero attached hydrogens (tertiary/aromatic N) is 3. The number of aromatic carboxylic acids is 1. The first kappa shape index (κ1) is 43.0. The molecule has 2 aromatic carbocycles. The van der Waals surface area contributed by atoms with Gasteiger partial charge in [-0.25, -0.2) is 9.78 Å². The third-order valence-corrected chi connectivity index (χ3v) is 12.4. The fourth-order valence-corrected chi connectivity index (χ4v) is 8.71. The van der Waals surface area contributed by atoms with Crippen LogP contribution < -0.4 is 16.0 Å². The molecule has 15 heteroatoms. The lowest BCUT2D eigenvalue weighted by Crippen LogP contribution is -2.58. The van der Waals surface area contributed by atoms with Crippen LogP contribution in [0.1, 0.15) is 114 Å². The standard InChI is InChI=1S/C42H54N6O8S/c1-6-24(2)35(46-37(50)33-18-12-13-19-47(33)5)38(51)44-31-22-34(48(26(31)4)40(52)29-16-10-11-17-30(29)42(55)56)39-45-32(23-57-39)36(49)43-28(20-25(3)41(53)54)21-27-14-8-7-9-15-27/h7-11,14-17,23-26,28,31,33-35H,6,12-13,18-22H2,1-5H3,(H,43,49)(H,44,51)(H,46,50)(H,53,54)(H,55,56)/t24-,25-,26?,28+,31+,33+,34+,35-/m0/s1. The zero-order chi connectivity index (χ0) is 41.4. The van der Waals surface area contributed by atoms with Gasteiger partial charge >= 0.3 is 11.9 Å². The van der Waals surface area contributed by atoms with Gasteiger partial charge in [-0.05, 0) is 76.2 Å². The number of likely N-dealkylation sites (tertiary alicyclic amines) is 2. The van der Waals surface area contributed by atoms with Crippen molar-refractivity contribution in [1.29, 1.82) is 0 Å². The lowest BCUT2D eigenvalue weighted by molar-refractivity contribution is -0.141. The highest BCUT2D eigenvalue weighted by atomic mass is 32.1. The molecule has 14 nitrogen and oxygen atoms in total. The van der Waals surface area contributed by atoms with Gasteiger partial charge < -0.3 is 31.1 Å². The van der Waals surface area contributed by atoms with E-state index in [-0.39, 0.29) is 53.4 Å². The van der Waals surface area contributed by atoms with Crippen molar-refractivity contribution in [3.05, 3.63) is 87.4 Å². The van der Waals surface area contributed by atoms with Crippen LogP contribution in [-0.4, -0.2) is 104 Å². The van der Waals surface area contributed by atoms with Crippen LogP contribution in [-0.2, 0) is 20.8 Å². The van der Waals surface area contributed by atoms with Crippen molar-refractivity contribution in [1.82, 2.24) is 30.7 Å². The Morgan fingerprint density at radius 1 is 0.947 bits per heavy atom. The first-order valence-electron chi connectivity index (χ1n) is 19.7. The molecule has 1 aromatic heterocycles. The predicted octanol–water partition coefficient (Wildman–Crippen LogP) is 4.77. The molecule has 2 aliphatic rings. The van der Waals surface area contributed by atoms with E-state index in [1.165, 1.54) is 23.1 Å². The van der Waals surface area contributed by atoms with Crippen LogP contribution >= 0.6 is 11.3 Å². The molecule has 306 valence electrons. The molecule has 0 saturated carbocycles. The van der Waals surface area contributed by atoms with Crippen LogP contribution in [0.3, 0.4) is 0 Å². The van der Waals surface area contributed by atoms with Crippen LogP contribution in [0.4, 0.5) is 0 Å². The summed E-state index contributed by atoms with van der Waals surface area (Å²) in [5.41, 5.74) is 0.815. The number of likely N-dealkylation sites (N-methyl/N-ethyl adjacent to an activating group) is 1. The summed E-state index contributed by atoms with van der Waals surface area (Å²) in [5, 5.41) is 30.7. The van der Waals surface area contributed by atoms with E-state index in [2.05, 4.69) is 20.9 Å². The van der Waals surface area contributed by atoms with Crippen molar-refractivity contribution in [2.45, 2.75) is 109 Å². The van der Waals surface area contributed by atoms with Crippen molar-refractivity contribution < 1.29 is 39.0 Å². The van der Waals surface area contributed by atoms with E-state index in [1.807, 2.05) is 56.1 Å². The van der Waals surface area contributed by atoms with Crippen molar-refractivity contribution in [3.63, 3.8) is 0 Å². The van der Waals surface area contributed by atoms with Crippen LogP contribution in [0, 0.1) is 11.8 Å². The fraction of sp³-hybridized carbons (Fsp3) is 0.500. The summed E-state index contributed by atoms with van der Waals surface area (Å²) >= 11 is 1.16. The molecular weight excluding hydrogens is 749 g/mol. The van der Waals surface area contributed by atoms with Crippen LogP contribution in [0.2, 0.25) is 0 Å². The Kier molecular flexibility index (Phi) is 14.6. The Morgan fingerprint density at radius 3 is 2.28 bits per heavy atom. The first-order chi connectivity index (χ1) is 27.2. The highest BCUT2D eigenvalue weighted by Crippen LogP contribution is 2.39. The zero-order valence-electron chi connectivity index (χ0n) is 33.1. The summed E-state index contributed by atoms with van der Waals surface area (Å²) in [5.74, 6) is -4.80. The van der Waals surface area contributed by atoms with Crippen molar-refractivity contribution >= 4 is 46.9 Å². The number of piperidine rings is 1. The minimum atomic E-state index is -1.27. The molecule has 0 radical (unpaired) electrons. The number of carbonyl (C=O) groups excluding carboxylic acids is 4. The maximum absolute atomic E-state index is 14.4. The number of rotatable bonds is 16. The molecule has 0 bridgehead atoms. The number of hydrogen-bond donors (Lipinski definition) is 5. The Bertz CT molecular complexity index is 1920. The topological polar surface area (TPSA) is 198 Å². The van der Waals surface area contributed by atoms with Crippen LogP contribution in [0.25, 0.3) is 0 Å². The summed E-state index contributed by atoms with van der Waals surface area (Å²) in [6.45, 7) is 8.02. The number of carboxylic acids is 2. The average Bonchev–Trinajstić information content (AvgIpc) is 3.81. The zero-order valence-corrected chi connectivity index (χ0v) is 34.0. The molecule has 3 aromatic rings. The third-order valence-electron chi connectivity index (χ3n) is 11.4. The number of aliphatic carboxylic acids is 1. The summed E-state index contributed by atoms with van der Waals surface area (Å²) in [6.07, 6.45) is 4.08. The monoisotopic (exact) mass is 802 g/mol. The molecule has 2 aliphatic heterocycles. The summed E-state index contributed by atoms with van der Waals surface area (Å²) in [6, 6.07) is 11.7. The quantitative estimate of drug-likeness (QED) is 0.135. The largest absolute Gasteiger partial charge is 0.481 e. The molecule has 5 rings (SSSR count). The van der Waals surface area contributed by atoms with Crippen molar-refractivity contribution in [2.75, 3.05) is 13.6 Å². The molecule has 0 spiro atoms. The highest BCUT2D eigenvalue weighted by molar-refractivity contribution is 7.09. The van der Waals surface area contributed by atoms with E-state index in [0.29, 0.717) is 24.3 Å². The number of nitrogens with one attached hydrogen (secondary N) is 3. The normalized spacial score (nSPS) is 21.8. The second-order valence-electron chi connectivity index (χ2n) is 15.4. The van der Waals surface area contributed by atoms with E-state index in [4.69, 9.17) is 0 Å². The van der Waals surface area contributed by atoms with Crippen molar-refractivity contribution in [2.24, 2.45) is 11.8 Å². The maximum Gasteiger partial charge on any atom is 0.336 e. The van der Waals surface area contributed by atoms with E-state index >= 15 is 0 Å². The van der Waals surface area contributed by atoms with Gasteiger partial charge in [-0.1, -0.05) is 76.1 Å². The number of carbonyl (C=O) groups is 6. The Balaban J connectivity index is 1.41. The summed E-state index contributed by atoms with van der Waals surface area (Å²) in [4.78, 5) is 87.8. The van der Waals surface area contributed by atoms with Gasteiger partial charge in [-0.15, -0.1) is 11.3 Å². The number of thiazole rings is 1. The Hall–Kier alpha value is -5.15. The minimum Gasteiger partial charge on any atom is -0.481 e. The molecule has 2 saturated heterocycles. The molecule has 5 N–H and O–H groups in total. The lowest BCUT2D eigenvalue weighted by atomic mass is 9.95. The molecular formula is C42H54N6O8S. The van der Waals surface area contributed by atoms with Crippen LogP contribution in [0.5, 0.6) is 0 Å². The van der Waals surface area contributed by atoms with Gasteiger partial charge in [0.15, 0.2) is 0 Å². The molecule has 57 heavy (non-hydrogen) atoms. The Labute approximate surface area is 337 Å². The van der Waals surface area contributed by atoms with Gasteiger partial charge in [0, 0.05) is 11.4 Å². The molecule has 1 unspecified atom stereocenters. The molecule has 2 fully saturated rings. The van der Waals surface area contributed by atoms with Gasteiger partial charge in [-0.3, -0.25) is 28.9 Å². The first-order valence-corrected chi connectivity index (χ1v) is 20.6. The van der Waals surface area contributed by atoms with Gasteiger partial charge in [0.05, 0.1) is 41.2 Å². The smallest absolute Gasteiger partial charge is 0.336 e. The van der Waals surface area contributed by atoms with E-state index in [1.54, 1.807) is 25.3 Å². The summed E-state index contributed by atoms with van der Waals surface area (Å²) < 4.78 is 0. The number of aromatic nitrogens is 1. The van der Waals surface area contributed by atoms with Gasteiger partial charge in [0.25, 0.3) is 11.8 Å².